The van der Waals surface area contributed by atoms with E-state index in [1.54, 1.807) is 19.9 Å². The van der Waals surface area contributed by atoms with Crippen LogP contribution in [-0.4, -0.2) is 5.11 Å². The van der Waals surface area contributed by atoms with Crippen LogP contribution in [0.3, 0.4) is 0 Å². The van der Waals surface area contributed by atoms with Crippen LogP contribution in [-0.2, 0) is 0 Å². The van der Waals surface area contributed by atoms with E-state index in [9.17, 15) is 5.11 Å². The van der Waals surface area contributed by atoms with Crippen molar-refractivity contribution < 1.29 is 5.11 Å². The van der Waals surface area contributed by atoms with Gasteiger partial charge in [0, 0.05) is 5.02 Å². The van der Waals surface area contributed by atoms with Gasteiger partial charge in [0.25, 0.3) is 0 Å². The number of nitrogen functional groups attached to an aromatic ring is 1. The molecule has 2 nitrogen and oxygen atoms in total. The zero-order valence-electron chi connectivity index (χ0n) is 6.48. The minimum Gasteiger partial charge on any atom is -0.506 e. The van der Waals surface area contributed by atoms with Crippen molar-refractivity contribution in [2.75, 3.05) is 5.73 Å². The number of rotatable bonds is 0. The summed E-state index contributed by atoms with van der Waals surface area (Å²) in [6.45, 7) is 3.54. The number of aromatic hydroxyl groups is 1. The molecule has 0 fully saturated rings. The Labute approximate surface area is 70.6 Å². The minimum absolute atomic E-state index is 0.131. The van der Waals surface area contributed by atoms with Crippen molar-refractivity contribution in [3.63, 3.8) is 0 Å². The van der Waals surface area contributed by atoms with Gasteiger partial charge in [-0.25, -0.2) is 0 Å². The number of phenols is 1. The van der Waals surface area contributed by atoms with Crippen LogP contribution in [0.25, 0.3) is 0 Å². The Morgan fingerprint density at radius 1 is 1.45 bits per heavy atom. The molecule has 3 heteroatoms. The van der Waals surface area contributed by atoms with Gasteiger partial charge in [0.1, 0.15) is 5.75 Å². The van der Waals surface area contributed by atoms with Crippen LogP contribution in [0.15, 0.2) is 6.07 Å². The SMILES string of the molecule is Cc1cc(Cl)c(C)c(N)c1O. The summed E-state index contributed by atoms with van der Waals surface area (Å²) in [5, 5.41) is 9.92. The van der Waals surface area contributed by atoms with Gasteiger partial charge in [-0.1, -0.05) is 11.6 Å². The average Bonchev–Trinajstić information content (AvgIpc) is 1.97. The smallest absolute Gasteiger partial charge is 0.141 e. The lowest BCUT2D eigenvalue weighted by Crippen LogP contribution is -1.92. The molecule has 1 aromatic carbocycles. The van der Waals surface area contributed by atoms with E-state index in [1.807, 2.05) is 0 Å². The van der Waals surface area contributed by atoms with Gasteiger partial charge in [-0.05, 0) is 31.0 Å². The van der Waals surface area contributed by atoms with E-state index in [0.717, 1.165) is 5.56 Å². The number of aryl methyl sites for hydroxylation is 1. The van der Waals surface area contributed by atoms with E-state index >= 15 is 0 Å². The number of phenolic OH excluding ortho intramolecular Hbond substituents is 1. The molecule has 0 radical (unpaired) electrons. The highest BCUT2D eigenvalue weighted by Gasteiger charge is 2.07. The zero-order chi connectivity index (χ0) is 8.59. The molecule has 0 saturated heterocycles. The van der Waals surface area contributed by atoms with Crippen molar-refractivity contribution in [3.8, 4) is 5.75 Å². The van der Waals surface area contributed by atoms with E-state index < -0.39 is 0 Å². The van der Waals surface area contributed by atoms with E-state index in [1.165, 1.54) is 0 Å². The van der Waals surface area contributed by atoms with Crippen molar-refractivity contribution in [1.82, 2.24) is 0 Å². The maximum absolute atomic E-state index is 9.33. The fourth-order valence-electron chi connectivity index (χ4n) is 0.885. The minimum atomic E-state index is 0.131. The Bertz CT molecular complexity index is 270. The molecule has 1 aromatic rings. The molecule has 0 heterocycles. The summed E-state index contributed by atoms with van der Waals surface area (Å²) >= 11 is 5.80. The molecule has 3 N–H and O–H groups in total. The molecule has 0 aliphatic rings. The summed E-state index contributed by atoms with van der Waals surface area (Å²) in [7, 11) is 0. The summed E-state index contributed by atoms with van der Waals surface area (Å²) in [4.78, 5) is 0. The first kappa shape index (κ1) is 8.21. The molecular weight excluding hydrogens is 162 g/mol. The fraction of sp³-hybridized carbons (Fsp3) is 0.250. The highest BCUT2D eigenvalue weighted by Crippen LogP contribution is 2.32. The Hall–Kier alpha value is -0.890. The monoisotopic (exact) mass is 171 g/mol. The molecule has 0 spiro atoms. The lowest BCUT2D eigenvalue weighted by molar-refractivity contribution is 0.473. The van der Waals surface area contributed by atoms with E-state index in [4.69, 9.17) is 17.3 Å². The summed E-state index contributed by atoms with van der Waals surface area (Å²) in [6.07, 6.45) is 0. The first-order chi connectivity index (χ1) is 5.04. The van der Waals surface area contributed by atoms with Crippen LogP contribution in [0.1, 0.15) is 11.1 Å². The Morgan fingerprint density at radius 3 is 2.55 bits per heavy atom. The van der Waals surface area contributed by atoms with Gasteiger partial charge in [0.05, 0.1) is 5.69 Å². The van der Waals surface area contributed by atoms with E-state index in [-0.39, 0.29) is 5.75 Å². The number of hydrogen-bond acceptors (Lipinski definition) is 2. The highest BCUT2D eigenvalue weighted by atomic mass is 35.5. The van der Waals surface area contributed by atoms with Crippen molar-refractivity contribution in [1.29, 1.82) is 0 Å². The topological polar surface area (TPSA) is 46.2 Å². The largest absolute Gasteiger partial charge is 0.506 e. The van der Waals surface area contributed by atoms with Gasteiger partial charge in [0.15, 0.2) is 0 Å². The third-order valence-corrected chi connectivity index (χ3v) is 2.13. The Morgan fingerprint density at radius 2 is 2.00 bits per heavy atom. The first-order valence-corrected chi connectivity index (χ1v) is 3.66. The van der Waals surface area contributed by atoms with Crippen LogP contribution in [0, 0.1) is 13.8 Å². The molecule has 0 aliphatic carbocycles. The second-order valence-corrected chi connectivity index (χ2v) is 2.97. The molecule has 0 atom stereocenters. The van der Waals surface area contributed by atoms with Gasteiger partial charge < -0.3 is 10.8 Å². The zero-order valence-corrected chi connectivity index (χ0v) is 7.24. The van der Waals surface area contributed by atoms with E-state index in [2.05, 4.69) is 0 Å². The second-order valence-electron chi connectivity index (χ2n) is 2.56. The van der Waals surface area contributed by atoms with Crippen LogP contribution in [0.4, 0.5) is 5.69 Å². The van der Waals surface area contributed by atoms with Gasteiger partial charge in [-0.15, -0.1) is 0 Å². The number of halogens is 1. The Kier molecular flexibility index (Phi) is 1.96. The molecule has 0 unspecified atom stereocenters. The lowest BCUT2D eigenvalue weighted by atomic mass is 10.1. The Balaban J connectivity index is 3.46. The summed E-state index contributed by atoms with van der Waals surface area (Å²) in [6, 6.07) is 1.70. The maximum Gasteiger partial charge on any atom is 0.141 e. The second kappa shape index (κ2) is 2.62. The van der Waals surface area contributed by atoms with Gasteiger partial charge in [-0.3, -0.25) is 0 Å². The molecule has 0 aromatic heterocycles. The normalized spacial score (nSPS) is 10.1. The van der Waals surface area contributed by atoms with Crippen molar-refractivity contribution >= 4 is 17.3 Å². The predicted molar refractivity (Wildman–Crippen MR) is 47.0 cm³/mol. The summed E-state index contributed by atoms with van der Waals surface area (Å²) in [5.41, 5.74) is 7.36. The predicted octanol–water partition coefficient (Wildman–Crippen LogP) is 2.24. The van der Waals surface area contributed by atoms with Crippen LogP contribution >= 0.6 is 11.6 Å². The number of anilines is 1. The molecule has 0 amide bonds. The standard InChI is InChI=1S/C8H10ClNO/c1-4-3-6(9)5(2)7(10)8(4)11/h3,11H,10H2,1-2H3. The van der Waals surface area contributed by atoms with Gasteiger partial charge in [-0.2, -0.15) is 0 Å². The van der Waals surface area contributed by atoms with Crippen LogP contribution in [0.5, 0.6) is 5.75 Å². The van der Waals surface area contributed by atoms with Gasteiger partial charge >= 0.3 is 0 Å². The van der Waals surface area contributed by atoms with E-state index in [0.29, 0.717) is 16.3 Å². The van der Waals surface area contributed by atoms with Crippen LogP contribution in [0.2, 0.25) is 5.02 Å². The third-order valence-electron chi connectivity index (χ3n) is 1.73. The molecular formula is C8H10ClNO. The first-order valence-electron chi connectivity index (χ1n) is 3.28. The third kappa shape index (κ3) is 1.26. The molecule has 60 valence electrons. The number of nitrogens with two attached hydrogens (primary N) is 1. The molecule has 1 rings (SSSR count). The molecule has 0 bridgehead atoms. The number of hydrogen-bond donors (Lipinski definition) is 2. The average molecular weight is 172 g/mol. The summed E-state index contributed by atoms with van der Waals surface area (Å²) in [5.74, 6) is 0.131. The van der Waals surface area contributed by atoms with Crippen molar-refractivity contribution in [3.05, 3.63) is 22.2 Å². The quantitative estimate of drug-likeness (QED) is 0.465. The molecule has 0 aliphatic heterocycles. The molecule has 0 saturated carbocycles. The number of benzene rings is 1. The van der Waals surface area contributed by atoms with Gasteiger partial charge in [0.2, 0.25) is 0 Å². The van der Waals surface area contributed by atoms with Crippen molar-refractivity contribution in [2.45, 2.75) is 13.8 Å². The lowest BCUT2D eigenvalue weighted by Gasteiger charge is -2.07. The molecule has 11 heavy (non-hydrogen) atoms. The van der Waals surface area contributed by atoms with Crippen molar-refractivity contribution in [2.24, 2.45) is 0 Å². The summed E-state index contributed by atoms with van der Waals surface area (Å²) < 4.78 is 0. The fourth-order valence-corrected chi connectivity index (χ4v) is 1.15. The highest BCUT2D eigenvalue weighted by molar-refractivity contribution is 6.31. The van der Waals surface area contributed by atoms with Crippen LogP contribution < -0.4 is 5.73 Å². The maximum atomic E-state index is 9.33.